The van der Waals surface area contributed by atoms with Gasteiger partial charge in [0, 0.05) is 41.1 Å². The van der Waals surface area contributed by atoms with Gasteiger partial charge in [-0.15, -0.1) is 0 Å². The Labute approximate surface area is 245 Å². The van der Waals surface area contributed by atoms with Crippen LogP contribution in [0.4, 0.5) is 5.69 Å². The van der Waals surface area contributed by atoms with Crippen molar-refractivity contribution < 1.29 is 17.9 Å². The van der Waals surface area contributed by atoms with Crippen LogP contribution in [0.15, 0.2) is 65.6 Å². The first-order chi connectivity index (χ1) is 18.5. The third-order valence-electron chi connectivity index (χ3n) is 6.71. The number of carbonyl (C=O) groups excluding carboxylic acids is 1. The van der Waals surface area contributed by atoms with Crippen molar-refractivity contribution in [3.05, 3.63) is 86.9 Å². The summed E-state index contributed by atoms with van der Waals surface area (Å²) in [6, 6.07) is 16.8. The normalized spacial score (nSPS) is 14.3. The van der Waals surface area contributed by atoms with Crippen molar-refractivity contribution in [2.45, 2.75) is 38.0 Å². The van der Waals surface area contributed by atoms with Crippen molar-refractivity contribution in [1.29, 1.82) is 0 Å². The Morgan fingerprint density at radius 2 is 1.49 bits per heavy atom. The number of ether oxygens (including phenoxy) is 1. The summed E-state index contributed by atoms with van der Waals surface area (Å²) in [6.45, 7) is 5.57. The van der Waals surface area contributed by atoms with Crippen LogP contribution >= 0.6 is 34.8 Å². The SMILES string of the molecule is Cc1cc(C)cc(N(CCC(=O)N2CCC(COc3cc(Cl)cc(Cl)c3)CC2)S(=O)(=O)c2ccc(Cl)cc2)c1. The molecule has 0 aliphatic carbocycles. The molecule has 0 saturated carbocycles. The largest absolute Gasteiger partial charge is 0.493 e. The summed E-state index contributed by atoms with van der Waals surface area (Å²) in [5.74, 6) is 0.847. The van der Waals surface area contributed by atoms with E-state index < -0.39 is 10.0 Å². The van der Waals surface area contributed by atoms with Crippen LogP contribution in [-0.2, 0) is 14.8 Å². The number of sulfonamides is 1. The van der Waals surface area contributed by atoms with E-state index in [1.165, 1.54) is 16.4 Å². The summed E-state index contributed by atoms with van der Waals surface area (Å²) in [4.78, 5) is 15.1. The van der Waals surface area contributed by atoms with Crippen LogP contribution in [0, 0.1) is 19.8 Å². The first-order valence-corrected chi connectivity index (χ1v) is 15.3. The van der Waals surface area contributed by atoms with E-state index in [1.807, 2.05) is 32.0 Å². The van der Waals surface area contributed by atoms with Crippen molar-refractivity contribution in [3.63, 3.8) is 0 Å². The van der Waals surface area contributed by atoms with Crippen LogP contribution in [0.3, 0.4) is 0 Å². The Hall–Kier alpha value is -2.45. The molecular formula is C29H31Cl3N2O4S. The molecular weight excluding hydrogens is 579 g/mol. The quantitative estimate of drug-likeness (QED) is 0.258. The monoisotopic (exact) mass is 608 g/mol. The maximum Gasteiger partial charge on any atom is 0.264 e. The topological polar surface area (TPSA) is 66.9 Å². The second-order valence-electron chi connectivity index (χ2n) is 9.87. The fourth-order valence-corrected chi connectivity index (χ4v) is 6.83. The van der Waals surface area contributed by atoms with Crippen LogP contribution in [-0.4, -0.2) is 45.5 Å². The molecule has 1 fully saturated rings. The lowest BCUT2D eigenvalue weighted by Gasteiger charge is -2.33. The van der Waals surface area contributed by atoms with E-state index in [0.717, 1.165) is 24.0 Å². The third kappa shape index (κ3) is 7.82. The maximum absolute atomic E-state index is 13.7. The molecule has 208 valence electrons. The molecule has 0 bridgehead atoms. The smallest absolute Gasteiger partial charge is 0.264 e. The summed E-state index contributed by atoms with van der Waals surface area (Å²) in [7, 11) is -3.91. The summed E-state index contributed by atoms with van der Waals surface area (Å²) >= 11 is 18.1. The van der Waals surface area contributed by atoms with Crippen molar-refractivity contribution in [1.82, 2.24) is 4.90 Å². The predicted molar refractivity (Wildman–Crippen MR) is 158 cm³/mol. The standard InChI is InChI=1S/C29H31Cl3N2O4S/c1-20-13-21(2)15-26(14-20)34(39(36,37)28-5-3-23(30)4-6-28)12-9-29(35)33-10-7-22(8-11-33)19-38-27-17-24(31)16-25(32)18-27/h3-6,13-18,22H,7-12,19H2,1-2H3. The zero-order valence-electron chi connectivity index (χ0n) is 21.9. The van der Waals surface area contributed by atoms with Gasteiger partial charge in [0.2, 0.25) is 5.91 Å². The molecule has 0 atom stereocenters. The summed E-state index contributed by atoms with van der Waals surface area (Å²) < 4.78 is 34.5. The molecule has 3 aromatic carbocycles. The van der Waals surface area contributed by atoms with Gasteiger partial charge < -0.3 is 9.64 Å². The van der Waals surface area contributed by atoms with Gasteiger partial charge in [0.1, 0.15) is 5.75 Å². The van der Waals surface area contributed by atoms with E-state index in [4.69, 9.17) is 39.5 Å². The highest BCUT2D eigenvalue weighted by atomic mass is 35.5. The highest BCUT2D eigenvalue weighted by molar-refractivity contribution is 7.92. The second-order valence-corrected chi connectivity index (χ2v) is 13.0. The zero-order chi connectivity index (χ0) is 28.2. The predicted octanol–water partition coefficient (Wildman–Crippen LogP) is 7.17. The molecule has 4 rings (SSSR count). The molecule has 1 aliphatic heterocycles. The lowest BCUT2D eigenvalue weighted by Crippen LogP contribution is -2.42. The molecule has 1 saturated heterocycles. The number of hydrogen-bond acceptors (Lipinski definition) is 4. The Morgan fingerprint density at radius 1 is 0.897 bits per heavy atom. The average molecular weight is 610 g/mol. The molecule has 10 heteroatoms. The van der Waals surface area contributed by atoms with Crippen LogP contribution in [0.1, 0.15) is 30.4 Å². The highest BCUT2D eigenvalue weighted by Gasteiger charge is 2.28. The van der Waals surface area contributed by atoms with Crippen LogP contribution in [0.25, 0.3) is 0 Å². The number of anilines is 1. The molecule has 6 nitrogen and oxygen atoms in total. The van der Waals surface area contributed by atoms with E-state index in [0.29, 0.717) is 52.1 Å². The van der Waals surface area contributed by atoms with E-state index in [1.54, 1.807) is 35.2 Å². The van der Waals surface area contributed by atoms with Gasteiger partial charge >= 0.3 is 0 Å². The van der Waals surface area contributed by atoms with Gasteiger partial charge in [-0.2, -0.15) is 0 Å². The van der Waals surface area contributed by atoms with E-state index in [-0.39, 0.29) is 23.8 Å². The average Bonchev–Trinajstić information content (AvgIpc) is 2.87. The van der Waals surface area contributed by atoms with Crippen molar-refractivity contribution in [2.75, 3.05) is 30.5 Å². The number of halogens is 3. The summed E-state index contributed by atoms with van der Waals surface area (Å²) in [6.07, 6.45) is 1.66. The molecule has 0 spiro atoms. The Bertz CT molecular complexity index is 1380. The second kappa shape index (κ2) is 12.8. The van der Waals surface area contributed by atoms with Gasteiger partial charge in [0.25, 0.3) is 10.0 Å². The lowest BCUT2D eigenvalue weighted by atomic mass is 9.97. The van der Waals surface area contributed by atoms with Crippen LogP contribution < -0.4 is 9.04 Å². The number of amides is 1. The third-order valence-corrected chi connectivity index (χ3v) is 9.24. The summed E-state index contributed by atoms with van der Waals surface area (Å²) in [5, 5.41) is 1.49. The minimum absolute atomic E-state index is 0.0330. The van der Waals surface area contributed by atoms with E-state index in [9.17, 15) is 13.2 Å². The number of piperidine rings is 1. The number of hydrogen-bond donors (Lipinski definition) is 0. The number of benzene rings is 3. The fraction of sp³-hybridized carbons (Fsp3) is 0.345. The Kier molecular flexibility index (Phi) is 9.70. The lowest BCUT2D eigenvalue weighted by molar-refractivity contribution is -0.132. The number of rotatable bonds is 9. The van der Waals surface area contributed by atoms with Gasteiger partial charge in [0.05, 0.1) is 17.2 Å². The molecule has 1 heterocycles. The van der Waals surface area contributed by atoms with Crippen molar-refractivity contribution >= 4 is 56.4 Å². The van der Waals surface area contributed by atoms with Crippen LogP contribution in [0.2, 0.25) is 15.1 Å². The minimum Gasteiger partial charge on any atom is -0.493 e. The van der Waals surface area contributed by atoms with E-state index in [2.05, 4.69) is 0 Å². The molecule has 39 heavy (non-hydrogen) atoms. The highest BCUT2D eigenvalue weighted by Crippen LogP contribution is 2.28. The molecule has 1 amide bonds. The first kappa shape index (κ1) is 29.5. The molecule has 0 radical (unpaired) electrons. The minimum atomic E-state index is -3.91. The maximum atomic E-state index is 13.7. The Balaban J connectivity index is 1.39. The van der Waals surface area contributed by atoms with Crippen molar-refractivity contribution in [3.8, 4) is 5.75 Å². The number of nitrogens with zero attached hydrogens (tertiary/aromatic N) is 2. The van der Waals surface area contributed by atoms with E-state index >= 15 is 0 Å². The van der Waals surface area contributed by atoms with Crippen molar-refractivity contribution in [2.24, 2.45) is 5.92 Å². The molecule has 0 N–H and O–H groups in total. The van der Waals surface area contributed by atoms with Crippen LogP contribution in [0.5, 0.6) is 5.75 Å². The number of likely N-dealkylation sites (tertiary alicyclic amines) is 1. The number of aryl methyl sites for hydroxylation is 2. The summed E-state index contributed by atoms with van der Waals surface area (Å²) in [5.41, 5.74) is 2.42. The molecule has 3 aromatic rings. The van der Waals surface area contributed by atoms with Gasteiger partial charge in [-0.3, -0.25) is 9.10 Å². The Morgan fingerprint density at radius 3 is 2.08 bits per heavy atom. The molecule has 0 aromatic heterocycles. The zero-order valence-corrected chi connectivity index (χ0v) is 25.0. The van der Waals surface area contributed by atoms with Gasteiger partial charge in [-0.25, -0.2) is 8.42 Å². The fourth-order valence-electron chi connectivity index (χ4n) is 4.75. The van der Waals surface area contributed by atoms with Gasteiger partial charge in [-0.05, 0) is 98.3 Å². The van der Waals surface area contributed by atoms with Gasteiger partial charge in [-0.1, -0.05) is 40.9 Å². The first-order valence-electron chi connectivity index (χ1n) is 12.7. The molecule has 1 aliphatic rings. The molecule has 0 unspecified atom stereocenters. The van der Waals surface area contributed by atoms with Gasteiger partial charge in [0.15, 0.2) is 0 Å². The number of carbonyl (C=O) groups is 1.